The van der Waals surface area contributed by atoms with E-state index in [0.29, 0.717) is 24.3 Å². The fourth-order valence-corrected chi connectivity index (χ4v) is 1.02. The predicted molar refractivity (Wildman–Crippen MR) is 59.5 cm³/mol. The van der Waals surface area contributed by atoms with E-state index >= 15 is 0 Å². The van der Waals surface area contributed by atoms with Crippen molar-refractivity contribution in [2.24, 2.45) is 5.73 Å². The van der Waals surface area contributed by atoms with Crippen LogP contribution in [0.25, 0.3) is 0 Å². The number of aromatic nitrogens is 1. The number of amides is 1. The molecule has 0 aliphatic rings. The zero-order valence-corrected chi connectivity index (χ0v) is 8.68. The molecule has 1 aromatic rings. The van der Waals surface area contributed by atoms with Crippen molar-refractivity contribution in [2.75, 3.05) is 13.1 Å². The van der Waals surface area contributed by atoms with Gasteiger partial charge >= 0.3 is 0 Å². The van der Waals surface area contributed by atoms with E-state index in [1.165, 1.54) is 12.3 Å². The molecule has 0 spiro atoms. The predicted octanol–water partition coefficient (Wildman–Crippen LogP) is 0.198. The Balaban J connectivity index is 2.53. The van der Waals surface area contributed by atoms with Crippen molar-refractivity contribution in [3.05, 3.63) is 41.7 Å². The lowest BCUT2D eigenvalue weighted by Crippen LogP contribution is -2.24. The van der Waals surface area contributed by atoms with E-state index in [1.54, 1.807) is 18.2 Å². The minimum absolute atomic E-state index is 0.272. The highest BCUT2D eigenvalue weighted by Gasteiger charge is 2.04. The van der Waals surface area contributed by atoms with Gasteiger partial charge in [-0.15, -0.1) is 0 Å². The van der Waals surface area contributed by atoms with Crippen LogP contribution in [0.15, 0.2) is 30.5 Å². The number of rotatable bonds is 4. The Morgan fingerprint density at radius 3 is 2.94 bits per heavy atom. The number of nitrogens with one attached hydrogen (secondary N) is 1. The fourth-order valence-electron chi connectivity index (χ4n) is 1.02. The molecule has 0 radical (unpaired) electrons. The average molecular weight is 216 g/mol. The molecule has 5 heteroatoms. The lowest BCUT2D eigenvalue weighted by atomic mass is 10.2. The van der Waals surface area contributed by atoms with Gasteiger partial charge in [-0.1, -0.05) is 12.2 Å². The molecule has 1 rings (SSSR count). The van der Waals surface area contributed by atoms with E-state index in [1.807, 2.05) is 6.07 Å². The number of nitrogens with zero attached hydrogens (tertiary/aromatic N) is 2. The molecule has 0 saturated carbocycles. The third-order valence-electron chi connectivity index (χ3n) is 1.81. The number of carbonyl (C=O) groups is 1. The second-order valence-electron chi connectivity index (χ2n) is 2.96. The van der Waals surface area contributed by atoms with Gasteiger partial charge in [-0.25, -0.2) is 4.98 Å². The maximum absolute atomic E-state index is 11.5. The highest BCUT2D eigenvalue weighted by Crippen LogP contribution is 1.98. The first-order valence-electron chi connectivity index (χ1n) is 4.77. The number of carbonyl (C=O) groups excluding carboxylic acids is 1. The van der Waals surface area contributed by atoms with Gasteiger partial charge in [0.25, 0.3) is 5.91 Å². The first kappa shape index (κ1) is 11.9. The Bertz CT molecular complexity index is 417. The molecule has 82 valence electrons. The maximum Gasteiger partial charge on any atom is 0.270 e. The summed E-state index contributed by atoms with van der Waals surface area (Å²) in [5.41, 5.74) is 5.97. The normalized spacial score (nSPS) is 10.0. The number of nitriles is 1. The number of pyridine rings is 1. The first-order valence-corrected chi connectivity index (χ1v) is 4.77. The van der Waals surface area contributed by atoms with Gasteiger partial charge in [0.05, 0.1) is 5.56 Å². The van der Waals surface area contributed by atoms with Gasteiger partial charge in [0.1, 0.15) is 11.8 Å². The number of nitrogens with two attached hydrogens (primary N) is 1. The van der Waals surface area contributed by atoms with Crippen molar-refractivity contribution >= 4 is 5.91 Å². The van der Waals surface area contributed by atoms with Gasteiger partial charge in [-0.3, -0.25) is 4.79 Å². The van der Waals surface area contributed by atoms with E-state index in [9.17, 15) is 4.79 Å². The monoisotopic (exact) mass is 216 g/mol. The SMILES string of the molecule is N#Cc1ccc(C(=O)NC/C=C/CN)nc1. The van der Waals surface area contributed by atoms with Crippen molar-refractivity contribution < 1.29 is 4.79 Å². The fraction of sp³-hybridized carbons (Fsp3) is 0.182. The smallest absolute Gasteiger partial charge is 0.270 e. The quantitative estimate of drug-likeness (QED) is 0.703. The summed E-state index contributed by atoms with van der Waals surface area (Å²) in [5, 5.41) is 11.2. The number of hydrogen-bond donors (Lipinski definition) is 2. The second-order valence-corrected chi connectivity index (χ2v) is 2.96. The van der Waals surface area contributed by atoms with Crippen LogP contribution in [0.5, 0.6) is 0 Å². The highest BCUT2D eigenvalue weighted by molar-refractivity contribution is 5.92. The third kappa shape index (κ3) is 3.52. The molecule has 3 N–H and O–H groups in total. The molecule has 0 aromatic carbocycles. The van der Waals surface area contributed by atoms with E-state index in [0.717, 1.165) is 0 Å². The van der Waals surface area contributed by atoms with Gasteiger partial charge in [0.2, 0.25) is 0 Å². The van der Waals surface area contributed by atoms with Crippen LogP contribution in [-0.2, 0) is 0 Å². The summed E-state index contributed by atoms with van der Waals surface area (Å²) < 4.78 is 0. The maximum atomic E-state index is 11.5. The van der Waals surface area contributed by atoms with Crippen molar-refractivity contribution in [3.8, 4) is 6.07 Å². The molecule has 0 fully saturated rings. The van der Waals surface area contributed by atoms with Gasteiger partial charge in [-0.05, 0) is 12.1 Å². The molecule has 0 atom stereocenters. The highest BCUT2D eigenvalue weighted by atomic mass is 16.1. The molecule has 0 unspecified atom stereocenters. The molecule has 16 heavy (non-hydrogen) atoms. The van der Waals surface area contributed by atoms with E-state index in [2.05, 4.69) is 10.3 Å². The second kappa shape index (κ2) is 6.32. The van der Waals surface area contributed by atoms with Crippen LogP contribution in [0.1, 0.15) is 16.1 Å². The Hall–Kier alpha value is -2.19. The van der Waals surface area contributed by atoms with Crippen LogP contribution in [0.4, 0.5) is 0 Å². The largest absolute Gasteiger partial charge is 0.347 e. The summed E-state index contributed by atoms with van der Waals surface area (Å²) >= 11 is 0. The first-order chi connectivity index (χ1) is 7.77. The molecule has 0 saturated heterocycles. The number of hydrogen-bond acceptors (Lipinski definition) is 4. The standard InChI is InChI=1S/C11H12N4O/c12-5-1-2-6-14-11(16)10-4-3-9(7-13)8-15-10/h1-4,8H,5-6,12H2,(H,14,16)/b2-1+. The Morgan fingerprint density at radius 1 is 1.56 bits per heavy atom. The van der Waals surface area contributed by atoms with Crippen molar-refractivity contribution in [3.63, 3.8) is 0 Å². The zero-order chi connectivity index (χ0) is 11.8. The molecule has 1 heterocycles. The molecular weight excluding hydrogens is 204 g/mol. The van der Waals surface area contributed by atoms with E-state index < -0.39 is 0 Å². The minimum atomic E-state index is -0.272. The molecular formula is C11H12N4O. The van der Waals surface area contributed by atoms with Crippen LogP contribution < -0.4 is 11.1 Å². The van der Waals surface area contributed by atoms with Gasteiger partial charge < -0.3 is 11.1 Å². The molecule has 5 nitrogen and oxygen atoms in total. The topological polar surface area (TPSA) is 91.8 Å². The summed E-state index contributed by atoms with van der Waals surface area (Å²) in [6.07, 6.45) is 4.89. The summed E-state index contributed by atoms with van der Waals surface area (Å²) in [7, 11) is 0. The Kier molecular flexibility index (Phi) is 4.70. The average Bonchev–Trinajstić information content (AvgIpc) is 2.34. The van der Waals surface area contributed by atoms with Crippen LogP contribution in [0.3, 0.4) is 0 Å². The molecule has 0 bridgehead atoms. The molecule has 0 aliphatic heterocycles. The van der Waals surface area contributed by atoms with Crippen LogP contribution in [0, 0.1) is 11.3 Å². The summed E-state index contributed by atoms with van der Waals surface area (Å²) in [6.45, 7) is 0.864. The lowest BCUT2D eigenvalue weighted by Gasteiger charge is -2.00. The third-order valence-corrected chi connectivity index (χ3v) is 1.81. The van der Waals surface area contributed by atoms with E-state index in [4.69, 9.17) is 11.0 Å². The Morgan fingerprint density at radius 2 is 2.38 bits per heavy atom. The minimum Gasteiger partial charge on any atom is -0.347 e. The van der Waals surface area contributed by atoms with Crippen molar-refractivity contribution in [1.29, 1.82) is 5.26 Å². The molecule has 1 aromatic heterocycles. The van der Waals surface area contributed by atoms with Crippen LogP contribution in [-0.4, -0.2) is 24.0 Å². The van der Waals surface area contributed by atoms with Gasteiger partial charge in [0, 0.05) is 19.3 Å². The zero-order valence-electron chi connectivity index (χ0n) is 8.68. The van der Waals surface area contributed by atoms with Crippen molar-refractivity contribution in [2.45, 2.75) is 0 Å². The van der Waals surface area contributed by atoms with Crippen LogP contribution in [0.2, 0.25) is 0 Å². The van der Waals surface area contributed by atoms with Crippen molar-refractivity contribution in [1.82, 2.24) is 10.3 Å². The Labute approximate surface area is 93.6 Å². The van der Waals surface area contributed by atoms with Crippen LogP contribution >= 0.6 is 0 Å². The summed E-state index contributed by atoms with van der Waals surface area (Å²) in [4.78, 5) is 15.4. The van der Waals surface area contributed by atoms with Gasteiger partial charge in [0.15, 0.2) is 0 Å². The summed E-state index contributed by atoms with van der Waals surface area (Å²) in [5.74, 6) is -0.272. The summed E-state index contributed by atoms with van der Waals surface area (Å²) in [6, 6.07) is 5.00. The van der Waals surface area contributed by atoms with Gasteiger partial charge in [-0.2, -0.15) is 5.26 Å². The molecule has 0 aliphatic carbocycles. The lowest BCUT2D eigenvalue weighted by molar-refractivity contribution is 0.0953. The van der Waals surface area contributed by atoms with E-state index in [-0.39, 0.29) is 5.91 Å². The molecule has 1 amide bonds.